The maximum absolute atomic E-state index is 4.28. The van der Waals surface area contributed by atoms with Gasteiger partial charge in [-0.25, -0.2) is 4.98 Å². The Morgan fingerprint density at radius 2 is 2.20 bits per heavy atom. The molecule has 0 unspecified atom stereocenters. The van der Waals surface area contributed by atoms with E-state index in [1.165, 1.54) is 0 Å². The minimum Gasteiger partial charge on any atom is -0.345 e. The predicted molar refractivity (Wildman–Crippen MR) is 40.8 cm³/mol. The van der Waals surface area contributed by atoms with Gasteiger partial charge in [0.2, 0.25) is 0 Å². The normalized spacial score (nSPS) is 10.3. The molecule has 1 aromatic rings. The van der Waals surface area contributed by atoms with Crippen molar-refractivity contribution in [2.75, 3.05) is 7.05 Å². The van der Waals surface area contributed by atoms with Crippen molar-refractivity contribution in [3.05, 3.63) is 17.2 Å². The smallest absolute Gasteiger partial charge is 0.120 e. The third kappa shape index (κ3) is 1.36. The summed E-state index contributed by atoms with van der Waals surface area (Å²) in [5.41, 5.74) is 2.25. The van der Waals surface area contributed by atoms with Crippen molar-refractivity contribution in [3.8, 4) is 0 Å². The van der Waals surface area contributed by atoms with Crippen molar-refractivity contribution in [1.82, 2.24) is 15.3 Å². The van der Waals surface area contributed by atoms with Crippen molar-refractivity contribution in [1.29, 1.82) is 0 Å². The molecule has 0 atom stereocenters. The zero-order valence-electron chi connectivity index (χ0n) is 6.65. The molecular weight excluding hydrogens is 126 g/mol. The summed E-state index contributed by atoms with van der Waals surface area (Å²) >= 11 is 0. The summed E-state index contributed by atoms with van der Waals surface area (Å²) in [6.45, 7) is 4.85. The maximum Gasteiger partial charge on any atom is 0.120 e. The molecule has 56 valence electrons. The van der Waals surface area contributed by atoms with Gasteiger partial charge in [0.1, 0.15) is 5.82 Å². The second-order valence-corrected chi connectivity index (χ2v) is 2.42. The molecule has 0 aromatic carbocycles. The number of hydrogen-bond acceptors (Lipinski definition) is 2. The number of nitrogens with one attached hydrogen (secondary N) is 2. The van der Waals surface area contributed by atoms with Crippen LogP contribution in [-0.4, -0.2) is 17.0 Å². The molecule has 2 N–H and O–H groups in total. The Hall–Kier alpha value is -0.830. The van der Waals surface area contributed by atoms with E-state index in [0.717, 1.165) is 23.8 Å². The number of rotatable bonds is 2. The summed E-state index contributed by atoms with van der Waals surface area (Å²) in [5.74, 6) is 1.01. The van der Waals surface area contributed by atoms with Crippen LogP contribution >= 0.6 is 0 Å². The van der Waals surface area contributed by atoms with E-state index >= 15 is 0 Å². The van der Waals surface area contributed by atoms with Crippen molar-refractivity contribution < 1.29 is 0 Å². The summed E-state index contributed by atoms with van der Waals surface area (Å²) in [4.78, 5) is 7.45. The monoisotopic (exact) mass is 139 g/mol. The zero-order chi connectivity index (χ0) is 7.56. The van der Waals surface area contributed by atoms with E-state index in [4.69, 9.17) is 0 Å². The Morgan fingerprint density at radius 3 is 2.60 bits per heavy atom. The Labute approximate surface area is 60.9 Å². The van der Waals surface area contributed by atoms with Crippen LogP contribution in [0.3, 0.4) is 0 Å². The minimum atomic E-state index is 0.814. The molecule has 0 saturated carbocycles. The van der Waals surface area contributed by atoms with Crippen molar-refractivity contribution >= 4 is 0 Å². The van der Waals surface area contributed by atoms with Crippen LogP contribution in [0.25, 0.3) is 0 Å². The maximum atomic E-state index is 4.28. The first-order chi connectivity index (χ1) is 4.74. The Morgan fingerprint density at radius 1 is 1.50 bits per heavy atom. The summed E-state index contributed by atoms with van der Waals surface area (Å²) in [6, 6.07) is 0. The van der Waals surface area contributed by atoms with E-state index in [9.17, 15) is 0 Å². The lowest BCUT2D eigenvalue weighted by Gasteiger charge is -1.90. The number of aryl methyl sites for hydroxylation is 2. The molecule has 0 radical (unpaired) electrons. The third-order valence-corrected chi connectivity index (χ3v) is 1.52. The molecule has 1 rings (SSSR count). The lowest BCUT2D eigenvalue weighted by molar-refractivity contribution is 0.769. The first kappa shape index (κ1) is 7.28. The SMILES string of the molecule is CNCc1nc(C)c(C)[nH]1. The number of aromatic amines is 1. The predicted octanol–water partition coefficient (Wildman–Crippen LogP) is 0.746. The molecule has 1 aromatic heterocycles. The molecular formula is C7H13N3. The Kier molecular flexibility index (Phi) is 2.06. The molecule has 0 saturated heterocycles. The van der Waals surface area contributed by atoms with E-state index < -0.39 is 0 Å². The Bertz CT molecular complexity index is 195. The Balaban J connectivity index is 2.77. The van der Waals surface area contributed by atoms with Crippen LogP contribution in [0.5, 0.6) is 0 Å². The molecule has 3 nitrogen and oxygen atoms in total. The molecule has 0 aliphatic heterocycles. The average molecular weight is 139 g/mol. The molecule has 0 amide bonds. The molecule has 0 aliphatic rings. The second-order valence-electron chi connectivity index (χ2n) is 2.42. The molecule has 0 aliphatic carbocycles. The lowest BCUT2D eigenvalue weighted by atomic mass is 10.4. The van der Waals surface area contributed by atoms with Crippen LogP contribution in [0.2, 0.25) is 0 Å². The summed E-state index contributed by atoms with van der Waals surface area (Å²) in [5, 5.41) is 3.03. The van der Waals surface area contributed by atoms with Gasteiger partial charge in [-0.15, -0.1) is 0 Å². The third-order valence-electron chi connectivity index (χ3n) is 1.52. The van der Waals surface area contributed by atoms with E-state index in [0.29, 0.717) is 0 Å². The van der Waals surface area contributed by atoms with Crippen molar-refractivity contribution in [3.63, 3.8) is 0 Å². The van der Waals surface area contributed by atoms with Crippen LogP contribution in [-0.2, 0) is 6.54 Å². The number of nitrogens with zero attached hydrogens (tertiary/aromatic N) is 1. The van der Waals surface area contributed by atoms with Crippen LogP contribution in [0.4, 0.5) is 0 Å². The molecule has 0 fully saturated rings. The van der Waals surface area contributed by atoms with E-state index in [2.05, 4.69) is 15.3 Å². The lowest BCUT2D eigenvalue weighted by Crippen LogP contribution is -2.06. The summed E-state index contributed by atoms with van der Waals surface area (Å²) < 4.78 is 0. The average Bonchev–Trinajstić information content (AvgIpc) is 2.14. The second kappa shape index (κ2) is 2.84. The van der Waals surface area contributed by atoms with Gasteiger partial charge >= 0.3 is 0 Å². The van der Waals surface area contributed by atoms with Gasteiger partial charge in [-0.2, -0.15) is 0 Å². The fraction of sp³-hybridized carbons (Fsp3) is 0.571. The van der Waals surface area contributed by atoms with Crippen molar-refractivity contribution in [2.24, 2.45) is 0 Å². The number of hydrogen-bond donors (Lipinski definition) is 2. The first-order valence-electron chi connectivity index (χ1n) is 3.40. The van der Waals surface area contributed by atoms with Crippen LogP contribution < -0.4 is 5.32 Å². The minimum absolute atomic E-state index is 0.814. The molecule has 3 heteroatoms. The van der Waals surface area contributed by atoms with Gasteiger partial charge in [-0.1, -0.05) is 0 Å². The van der Waals surface area contributed by atoms with Crippen LogP contribution in [0, 0.1) is 13.8 Å². The largest absolute Gasteiger partial charge is 0.345 e. The highest BCUT2D eigenvalue weighted by atomic mass is 15.0. The summed E-state index contributed by atoms with van der Waals surface area (Å²) in [7, 11) is 1.91. The van der Waals surface area contributed by atoms with Crippen molar-refractivity contribution in [2.45, 2.75) is 20.4 Å². The van der Waals surface area contributed by atoms with E-state index in [1.54, 1.807) is 0 Å². The van der Waals surface area contributed by atoms with E-state index in [-0.39, 0.29) is 0 Å². The standard InChI is InChI=1S/C7H13N3/c1-5-6(2)10-7(9-5)4-8-3/h8H,4H2,1-3H3,(H,9,10). The van der Waals surface area contributed by atoms with E-state index in [1.807, 2.05) is 20.9 Å². The molecule has 1 heterocycles. The summed E-state index contributed by atoms with van der Waals surface area (Å²) in [6.07, 6.45) is 0. The van der Waals surface area contributed by atoms with Gasteiger partial charge in [0.15, 0.2) is 0 Å². The van der Waals surface area contributed by atoms with Gasteiger partial charge in [-0.05, 0) is 20.9 Å². The quantitative estimate of drug-likeness (QED) is 0.634. The fourth-order valence-corrected chi connectivity index (χ4v) is 0.872. The van der Waals surface area contributed by atoms with Gasteiger partial charge in [0, 0.05) is 5.69 Å². The van der Waals surface area contributed by atoms with Gasteiger partial charge in [0.25, 0.3) is 0 Å². The number of imidazole rings is 1. The first-order valence-corrected chi connectivity index (χ1v) is 3.40. The van der Waals surface area contributed by atoms with Gasteiger partial charge in [-0.3, -0.25) is 0 Å². The molecule has 0 bridgehead atoms. The van der Waals surface area contributed by atoms with Crippen LogP contribution in [0.15, 0.2) is 0 Å². The highest BCUT2D eigenvalue weighted by Gasteiger charge is 1.98. The van der Waals surface area contributed by atoms with Gasteiger partial charge < -0.3 is 10.3 Å². The topological polar surface area (TPSA) is 40.7 Å². The van der Waals surface area contributed by atoms with Crippen LogP contribution in [0.1, 0.15) is 17.2 Å². The molecule has 10 heavy (non-hydrogen) atoms. The zero-order valence-corrected chi connectivity index (χ0v) is 6.65. The van der Waals surface area contributed by atoms with Gasteiger partial charge in [0.05, 0.1) is 12.2 Å². The number of aromatic nitrogens is 2. The highest BCUT2D eigenvalue weighted by molar-refractivity contribution is 5.10. The highest BCUT2D eigenvalue weighted by Crippen LogP contribution is 2.01. The number of H-pyrrole nitrogens is 1. The fourth-order valence-electron chi connectivity index (χ4n) is 0.872. The molecule has 0 spiro atoms.